The van der Waals surface area contributed by atoms with Gasteiger partial charge in [-0.15, -0.1) is 12.4 Å². The van der Waals surface area contributed by atoms with E-state index in [1.165, 1.54) is 0 Å². The minimum atomic E-state index is -0.381. The van der Waals surface area contributed by atoms with Crippen molar-refractivity contribution in [2.45, 2.75) is 32.2 Å². The number of nitrogens with one attached hydrogen (secondary N) is 1. The highest BCUT2D eigenvalue weighted by Crippen LogP contribution is 1.95. The van der Waals surface area contributed by atoms with Gasteiger partial charge < -0.3 is 11.1 Å². The van der Waals surface area contributed by atoms with Crippen LogP contribution < -0.4 is 11.1 Å². The Labute approximate surface area is 108 Å². The Hall–Kier alpha value is -1.13. The molecule has 0 fully saturated rings. The molecule has 0 radical (unpaired) electrons. The summed E-state index contributed by atoms with van der Waals surface area (Å²) in [5.41, 5.74) is 6.66. The van der Waals surface area contributed by atoms with E-state index in [-0.39, 0.29) is 24.4 Å². The first-order chi connectivity index (χ1) is 7.74. The summed E-state index contributed by atoms with van der Waals surface area (Å²) < 4.78 is 0. The van der Waals surface area contributed by atoms with Crippen LogP contribution in [0.4, 0.5) is 0 Å². The van der Waals surface area contributed by atoms with E-state index < -0.39 is 0 Å². The van der Waals surface area contributed by atoms with Crippen molar-refractivity contribution in [1.82, 2.24) is 10.3 Å². The Morgan fingerprint density at radius 2 is 2.29 bits per heavy atom. The lowest BCUT2D eigenvalue weighted by atomic mass is 10.1. The highest BCUT2D eigenvalue weighted by molar-refractivity contribution is 5.85. The lowest BCUT2D eigenvalue weighted by molar-refractivity contribution is -0.122. The molecule has 1 heterocycles. The minimum absolute atomic E-state index is 0. The van der Waals surface area contributed by atoms with Gasteiger partial charge in [0.25, 0.3) is 0 Å². The lowest BCUT2D eigenvalue weighted by Gasteiger charge is -2.10. The molecule has 0 saturated heterocycles. The second-order valence-electron chi connectivity index (χ2n) is 3.76. The molecule has 1 atom stereocenters. The molecule has 0 aliphatic rings. The van der Waals surface area contributed by atoms with Gasteiger partial charge in [0.05, 0.1) is 6.04 Å². The minimum Gasteiger partial charge on any atom is -0.354 e. The molecule has 0 aliphatic carbocycles. The molecule has 17 heavy (non-hydrogen) atoms. The lowest BCUT2D eigenvalue weighted by Crippen LogP contribution is -2.41. The molecule has 4 nitrogen and oxygen atoms in total. The third-order valence-electron chi connectivity index (χ3n) is 2.34. The molecule has 0 bridgehead atoms. The number of hydrogen-bond acceptors (Lipinski definition) is 3. The molecular weight excluding hydrogens is 238 g/mol. The quantitative estimate of drug-likeness (QED) is 0.807. The number of amides is 1. The number of carbonyl (C=O) groups excluding carboxylic acids is 1. The summed E-state index contributed by atoms with van der Waals surface area (Å²) >= 11 is 0. The van der Waals surface area contributed by atoms with Gasteiger partial charge in [-0.1, -0.05) is 19.4 Å². The molecule has 0 saturated carbocycles. The number of nitrogens with two attached hydrogens (primary N) is 1. The average Bonchev–Trinajstić information content (AvgIpc) is 2.30. The van der Waals surface area contributed by atoms with Crippen molar-refractivity contribution in [2.75, 3.05) is 6.54 Å². The first kappa shape index (κ1) is 15.9. The first-order valence-electron chi connectivity index (χ1n) is 5.67. The first-order valence-corrected chi connectivity index (χ1v) is 5.67. The summed E-state index contributed by atoms with van der Waals surface area (Å²) in [7, 11) is 0. The van der Waals surface area contributed by atoms with E-state index in [1.807, 2.05) is 25.1 Å². The molecule has 0 aromatic carbocycles. The summed E-state index contributed by atoms with van der Waals surface area (Å²) in [6.45, 7) is 2.61. The highest BCUT2D eigenvalue weighted by atomic mass is 35.5. The number of pyridine rings is 1. The second kappa shape index (κ2) is 8.96. The van der Waals surface area contributed by atoms with E-state index in [2.05, 4.69) is 10.3 Å². The number of carbonyl (C=O) groups is 1. The third kappa shape index (κ3) is 6.24. The molecule has 96 valence electrons. The van der Waals surface area contributed by atoms with Crippen LogP contribution in [0.2, 0.25) is 0 Å². The Balaban J connectivity index is 0.00000256. The van der Waals surface area contributed by atoms with Crippen LogP contribution in [0.5, 0.6) is 0 Å². The number of aromatic nitrogens is 1. The van der Waals surface area contributed by atoms with E-state index >= 15 is 0 Å². The number of halogens is 1. The number of hydrogen-bond donors (Lipinski definition) is 2. The summed E-state index contributed by atoms with van der Waals surface area (Å²) in [5.74, 6) is -0.0715. The zero-order chi connectivity index (χ0) is 11.8. The molecule has 1 aromatic heterocycles. The normalized spacial score (nSPS) is 11.4. The van der Waals surface area contributed by atoms with Crippen LogP contribution in [0.3, 0.4) is 0 Å². The van der Waals surface area contributed by atoms with Crippen molar-refractivity contribution in [3.63, 3.8) is 0 Å². The molecular formula is C12H20ClN3O. The van der Waals surface area contributed by atoms with Crippen LogP contribution in [-0.4, -0.2) is 23.5 Å². The van der Waals surface area contributed by atoms with E-state index in [0.29, 0.717) is 6.54 Å². The van der Waals surface area contributed by atoms with Crippen molar-refractivity contribution >= 4 is 18.3 Å². The maximum absolute atomic E-state index is 11.5. The fraction of sp³-hybridized carbons (Fsp3) is 0.500. The van der Waals surface area contributed by atoms with Gasteiger partial charge in [0.1, 0.15) is 0 Å². The Kier molecular flexibility index (Phi) is 8.36. The van der Waals surface area contributed by atoms with Gasteiger partial charge in [0.15, 0.2) is 0 Å². The Morgan fingerprint density at radius 1 is 1.53 bits per heavy atom. The van der Waals surface area contributed by atoms with Gasteiger partial charge in [-0.2, -0.15) is 0 Å². The standard InChI is InChI=1S/C12H19N3O.ClH/c1-2-5-11(13)12(16)15-9-7-10-6-3-4-8-14-10;/h3-4,6,8,11H,2,5,7,9,13H2,1H3,(H,15,16);1H. The van der Waals surface area contributed by atoms with Crippen LogP contribution in [-0.2, 0) is 11.2 Å². The van der Waals surface area contributed by atoms with Crippen LogP contribution in [0.1, 0.15) is 25.5 Å². The second-order valence-corrected chi connectivity index (χ2v) is 3.76. The molecule has 5 heteroatoms. The summed E-state index contributed by atoms with van der Waals surface area (Å²) in [6, 6.07) is 5.37. The van der Waals surface area contributed by atoms with Crippen molar-refractivity contribution in [1.29, 1.82) is 0 Å². The van der Waals surface area contributed by atoms with Crippen molar-refractivity contribution < 1.29 is 4.79 Å². The zero-order valence-corrected chi connectivity index (χ0v) is 10.9. The van der Waals surface area contributed by atoms with Gasteiger partial charge in [0, 0.05) is 24.9 Å². The van der Waals surface area contributed by atoms with Gasteiger partial charge in [-0.25, -0.2) is 0 Å². The largest absolute Gasteiger partial charge is 0.354 e. The summed E-state index contributed by atoms with van der Waals surface area (Å²) in [5, 5.41) is 2.81. The smallest absolute Gasteiger partial charge is 0.236 e. The van der Waals surface area contributed by atoms with Crippen LogP contribution >= 0.6 is 12.4 Å². The molecule has 0 spiro atoms. The number of rotatable bonds is 6. The van der Waals surface area contributed by atoms with Gasteiger partial charge in [0.2, 0.25) is 5.91 Å². The summed E-state index contributed by atoms with van der Waals surface area (Å²) in [6.07, 6.45) is 4.15. The molecule has 0 aliphatic heterocycles. The zero-order valence-electron chi connectivity index (χ0n) is 10.1. The van der Waals surface area contributed by atoms with Crippen LogP contribution in [0.15, 0.2) is 24.4 Å². The molecule has 1 aromatic rings. The fourth-order valence-corrected chi connectivity index (χ4v) is 1.43. The van der Waals surface area contributed by atoms with Crippen molar-refractivity contribution in [3.8, 4) is 0 Å². The van der Waals surface area contributed by atoms with Gasteiger partial charge >= 0.3 is 0 Å². The molecule has 1 rings (SSSR count). The monoisotopic (exact) mass is 257 g/mol. The number of nitrogens with zero attached hydrogens (tertiary/aromatic N) is 1. The van der Waals surface area contributed by atoms with Crippen molar-refractivity contribution in [2.24, 2.45) is 5.73 Å². The summed E-state index contributed by atoms with van der Waals surface area (Å²) in [4.78, 5) is 15.6. The maximum atomic E-state index is 11.5. The van der Waals surface area contributed by atoms with Gasteiger partial charge in [-0.05, 0) is 18.6 Å². The van der Waals surface area contributed by atoms with Crippen LogP contribution in [0.25, 0.3) is 0 Å². The molecule has 1 amide bonds. The SMILES string of the molecule is CCCC(N)C(=O)NCCc1ccccn1.Cl. The van der Waals surface area contributed by atoms with E-state index in [9.17, 15) is 4.79 Å². The van der Waals surface area contributed by atoms with E-state index in [0.717, 1.165) is 25.0 Å². The van der Waals surface area contributed by atoms with Crippen molar-refractivity contribution in [3.05, 3.63) is 30.1 Å². The van der Waals surface area contributed by atoms with E-state index in [1.54, 1.807) is 6.20 Å². The molecule has 1 unspecified atom stereocenters. The average molecular weight is 258 g/mol. The fourth-order valence-electron chi connectivity index (χ4n) is 1.43. The van der Waals surface area contributed by atoms with E-state index in [4.69, 9.17) is 5.73 Å². The highest BCUT2D eigenvalue weighted by Gasteiger charge is 2.10. The molecule has 3 N–H and O–H groups in total. The third-order valence-corrected chi connectivity index (χ3v) is 2.34. The van der Waals surface area contributed by atoms with Crippen LogP contribution in [0, 0.1) is 0 Å². The Bertz CT molecular complexity index is 319. The predicted octanol–water partition coefficient (Wildman–Crippen LogP) is 1.29. The topological polar surface area (TPSA) is 68.0 Å². The maximum Gasteiger partial charge on any atom is 0.236 e. The van der Waals surface area contributed by atoms with Gasteiger partial charge in [-0.3, -0.25) is 9.78 Å². The predicted molar refractivity (Wildman–Crippen MR) is 71.1 cm³/mol. The Morgan fingerprint density at radius 3 is 2.88 bits per heavy atom.